The molecule has 4 aliphatic rings. The minimum Gasteiger partial charge on any atom is -0.377 e. The zero-order valence-corrected chi connectivity index (χ0v) is 20.0. The number of hydrogen-bond donors (Lipinski definition) is 1. The fourth-order valence-corrected chi connectivity index (χ4v) is 5.99. The normalized spacial score (nSPS) is 22.2. The summed E-state index contributed by atoms with van der Waals surface area (Å²) in [5.74, 6) is 1.46. The first-order valence-corrected chi connectivity index (χ1v) is 13.1. The Morgan fingerprint density at radius 2 is 1.91 bits per heavy atom. The van der Waals surface area contributed by atoms with Crippen LogP contribution in [0.25, 0.3) is 0 Å². The molecule has 1 N–H and O–H groups in total. The number of benzene rings is 1. The zero-order valence-electron chi connectivity index (χ0n) is 20.0. The van der Waals surface area contributed by atoms with Crippen LogP contribution >= 0.6 is 0 Å². The Morgan fingerprint density at radius 3 is 2.68 bits per heavy atom. The molecule has 0 bridgehead atoms. The van der Waals surface area contributed by atoms with E-state index < -0.39 is 0 Å². The van der Waals surface area contributed by atoms with E-state index in [4.69, 9.17) is 4.74 Å². The molecule has 2 aromatic rings. The van der Waals surface area contributed by atoms with Crippen molar-refractivity contribution < 1.29 is 9.53 Å². The number of aromatic nitrogens is 1. The van der Waals surface area contributed by atoms with Crippen molar-refractivity contribution in [2.45, 2.75) is 51.1 Å². The van der Waals surface area contributed by atoms with Crippen LogP contribution in [0.5, 0.6) is 0 Å². The summed E-state index contributed by atoms with van der Waals surface area (Å²) in [6.45, 7) is 6.41. The molecule has 1 aliphatic carbocycles. The van der Waals surface area contributed by atoms with E-state index in [1.807, 2.05) is 12.3 Å². The van der Waals surface area contributed by atoms with Gasteiger partial charge in [0.05, 0.1) is 42.4 Å². The number of amides is 1. The SMILES string of the molecule is O=C1c2cc(NC3COC3)cnc2CCCN1CC(CN1CCc2ccccc2C1)C1CCC1. The van der Waals surface area contributed by atoms with Gasteiger partial charge < -0.3 is 15.0 Å². The van der Waals surface area contributed by atoms with Crippen molar-refractivity contribution in [3.63, 3.8) is 0 Å². The molecule has 6 nitrogen and oxygen atoms in total. The first-order chi connectivity index (χ1) is 16.7. The Morgan fingerprint density at radius 1 is 1.06 bits per heavy atom. The van der Waals surface area contributed by atoms with Gasteiger partial charge in [0.1, 0.15) is 0 Å². The fraction of sp³-hybridized carbons (Fsp3) is 0.571. The number of aryl methyl sites for hydroxylation is 1. The molecule has 1 atom stereocenters. The summed E-state index contributed by atoms with van der Waals surface area (Å²) in [6, 6.07) is 11.2. The van der Waals surface area contributed by atoms with Gasteiger partial charge in [0, 0.05) is 32.7 Å². The number of carbonyl (C=O) groups is 1. The van der Waals surface area contributed by atoms with Gasteiger partial charge in [-0.05, 0) is 48.3 Å². The summed E-state index contributed by atoms with van der Waals surface area (Å²) < 4.78 is 5.28. The summed E-state index contributed by atoms with van der Waals surface area (Å²) in [5.41, 5.74) is 5.66. The topological polar surface area (TPSA) is 57.7 Å². The van der Waals surface area contributed by atoms with Crippen molar-refractivity contribution in [2.75, 3.05) is 44.7 Å². The van der Waals surface area contributed by atoms with Gasteiger partial charge in [0.15, 0.2) is 0 Å². The maximum absolute atomic E-state index is 13.7. The summed E-state index contributed by atoms with van der Waals surface area (Å²) in [6.07, 6.45) is 8.84. The number of nitrogens with one attached hydrogen (secondary N) is 1. The fourth-order valence-electron chi connectivity index (χ4n) is 5.99. The van der Waals surface area contributed by atoms with E-state index >= 15 is 0 Å². The van der Waals surface area contributed by atoms with E-state index in [9.17, 15) is 4.79 Å². The molecule has 34 heavy (non-hydrogen) atoms. The molecule has 0 radical (unpaired) electrons. The molecule has 180 valence electrons. The van der Waals surface area contributed by atoms with Crippen molar-refractivity contribution in [3.8, 4) is 0 Å². The first kappa shape index (κ1) is 22.1. The average molecular weight is 461 g/mol. The number of ether oxygens (including phenoxy) is 1. The molecular weight excluding hydrogens is 424 g/mol. The molecule has 1 aromatic heterocycles. The second-order valence-corrected chi connectivity index (χ2v) is 10.7. The van der Waals surface area contributed by atoms with Crippen LogP contribution in [-0.2, 0) is 24.1 Å². The third-order valence-corrected chi connectivity index (χ3v) is 8.31. The molecule has 1 saturated heterocycles. The molecule has 0 spiro atoms. The van der Waals surface area contributed by atoms with Gasteiger partial charge in [-0.15, -0.1) is 0 Å². The number of hydrogen-bond acceptors (Lipinski definition) is 5. The van der Waals surface area contributed by atoms with Crippen LogP contribution in [0, 0.1) is 11.8 Å². The van der Waals surface area contributed by atoms with Gasteiger partial charge in [-0.1, -0.05) is 43.5 Å². The van der Waals surface area contributed by atoms with Crippen LogP contribution in [0.1, 0.15) is 52.9 Å². The predicted molar refractivity (Wildman–Crippen MR) is 133 cm³/mol. The number of nitrogens with zero attached hydrogens (tertiary/aromatic N) is 3. The van der Waals surface area contributed by atoms with E-state index in [0.29, 0.717) is 12.0 Å². The third kappa shape index (κ3) is 4.58. The van der Waals surface area contributed by atoms with Crippen LogP contribution in [-0.4, -0.2) is 66.1 Å². The molecule has 1 amide bonds. The predicted octanol–water partition coefficient (Wildman–Crippen LogP) is 3.76. The Kier molecular flexibility index (Phi) is 6.27. The van der Waals surface area contributed by atoms with Gasteiger partial charge in [0.2, 0.25) is 0 Å². The van der Waals surface area contributed by atoms with Crippen molar-refractivity contribution in [1.29, 1.82) is 0 Å². The molecular formula is C28H36N4O2. The summed E-state index contributed by atoms with van der Waals surface area (Å²) >= 11 is 0. The van der Waals surface area contributed by atoms with Crippen LogP contribution in [0.3, 0.4) is 0 Å². The van der Waals surface area contributed by atoms with E-state index in [-0.39, 0.29) is 5.91 Å². The standard InChI is InChI=1S/C28H36N4O2/c33-28-26-13-24(30-25-18-34-19-25)14-29-27(26)9-4-11-32(28)17-23(20-7-3-8-20)16-31-12-10-21-5-1-2-6-22(21)15-31/h1-2,5-6,13-14,20,23,25,30H,3-4,7-12,15-19H2. The highest BCUT2D eigenvalue weighted by Gasteiger charge is 2.34. The summed E-state index contributed by atoms with van der Waals surface area (Å²) in [4.78, 5) is 23.1. The monoisotopic (exact) mass is 460 g/mol. The molecule has 3 aliphatic heterocycles. The van der Waals surface area contributed by atoms with Gasteiger partial charge in [-0.25, -0.2) is 0 Å². The van der Waals surface area contributed by atoms with Crippen LogP contribution in [0.15, 0.2) is 36.5 Å². The smallest absolute Gasteiger partial charge is 0.255 e. The second kappa shape index (κ2) is 9.67. The van der Waals surface area contributed by atoms with Crippen LogP contribution < -0.4 is 5.32 Å². The van der Waals surface area contributed by atoms with Crippen molar-refractivity contribution in [2.24, 2.45) is 11.8 Å². The van der Waals surface area contributed by atoms with Crippen molar-refractivity contribution in [1.82, 2.24) is 14.8 Å². The van der Waals surface area contributed by atoms with Gasteiger partial charge in [0.25, 0.3) is 5.91 Å². The lowest BCUT2D eigenvalue weighted by Crippen LogP contribution is -2.45. The average Bonchev–Trinajstić information content (AvgIpc) is 2.94. The maximum atomic E-state index is 13.7. The maximum Gasteiger partial charge on any atom is 0.255 e. The minimum absolute atomic E-state index is 0.168. The number of carbonyl (C=O) groups excluding carboxylic acids is 1. The second-order valence-electron chi connectivity index (χ2n) is 10.7. The zero-order chi connectivity index (χ0) is 22.9. The highest BCUT2D eigenvalue weighted by atomic mass is 16.5. The number of anilines is 1. The van der Waals surface area contributed by atoms with Crippen molar-refractivity contribution in [3.05, 3.63) is 58.9 Å². The van der Waals surface area contributed by atoms with E-state index in [2.05, 4.69) is 44.4 Å². The molecule has 1 aromatic carbocycles. The van der Waals surface area contributed by atoms with Crippen LogP contribution in [0.2, 0.25) is 0 Å². The third-order valence-electron chi connectivity index (χ3n) is 8.31. The largest absolute Gasteiger partial charge is 0.377 e. The van der Waals surface area contributed by atoms with E-state index in [1.54, 1.807) is 0 Å². The molecule has 1 unspecified atom stereocenters. The Balaban J connectivity index is 1.16. The molecule has 2 fully saturated rings. The summed E-state index contributed by atoms with van der Waals surface area (Å²) in [5, 5.41) is 3.46. The number of pyridine rings is 1. The van der Waals surface area contributed by atoms with Gasteiger partial charge >= 0.3 is 0 Å². The van der Waals surface area contributed by atoms with Gasteiger partial charge in [-0.2, -0.15) is 0 Å². The van der Waals surface area contributed by atoms with Gasteiger partial charge in [-0.3, -0.25) is 14.7 Å². The molecule has 4 heterocycles. The Bertz CT molecular complexity index is 1030. The minimum atomic E-state index is 0.168. The highest BCUT2D eigenvalue weighted by Crippen LogP contribution is 2.36. The highest BCUT2D eigenvalue weighted by molar-refractivity contribution is 5.96. The Labute approximate surface area is 202 Å². The molecule has 6 rings (SSSR count). The summed E-state index contributed by atoms with van der Waals surface area (Å²) in [7, 11) is 0. The lowest BCUT2D eigenvalue weighted by molar-refractivity contribution is 0.0211. The van der Waals surface area contributed by atoms with Crippen LogP contribution in [0.4, 0.5) is 5.69 Å². The first-order valence-electron chi connectivity index (χ1n) is 13.1. The van der Waals surface area contributed by atoms with Crippen molar-refractivity contribution >= 4 is 11.6 Å². The Hall–Kier alpha value is -2.44. The lowest BCUT2D eigenvalue weighted by Gasteiger charge is -2.40. The quantitative estimate of drug-likeness (QED) is 0.682. The van der Waals surface area contributed by atoms with E-state index in [1.165, 1.54) is 30.4 Å². The molecule has 6 heteroatoms. The van der Waals surface area contributed by atoms with E-state index in [0.717, 1.165) is 88.1 Å². The number of fused-ring (bicyclic) bond motifs is 2. The molecule has 1 saturated carbocycles. The number of rotatable bonds is 7. The lowest BCUT2D eigenvalue weighted by atomic mass is 9.75.